The Hall–Kier alpha value is -2.78. The minimum absolute atomic E-state index is 0.0182. The normalized spacial score (nSPS) is 15.2. The summed E-state index contributed by atoms with van der Waals surface area (Å²) in [5.41, 5.74) is 2.53. The molecule has 1 fully saturated rings. The van der Waals surface area contributed by atoms with Crippen molar-refractivity contribution in [3.8, 4) is 17.2 Å². The number of amides is 1. The van der Waals surface area contributed by atoms with Gasteiger partial charge in [0.25, 0.3) is 0 Å². The fourth-order valence-electron chi connectivity index (χ4n) is 4.09. The third-order valence-electron chi connectivity index (χ3n) is 6.06. The van der Waals surface area contributed by atoms with E-state index in [0.29, 0.717) is 43.2 Å². The summed E-state index contributed by atoms with van der Waals surface area (Å²) >= 11 is 0. The van der Waals surface area contributed by atoms with Gasteiger partial charge in [0.05, 0.1) is 27.1 Å². The van der Waals surface area contributed by atoms with E-state index in [4.69, 9.17) is 14.2 Å². The molecule has 1 aliphatic heterocycles. The molecule has 0 unspecified atom stereocenters. The van der Waals surface area contributed by atoms with Crippen LogP contribution in [0.4, 0.5) is 0 Å². The van der Waals surface area contributed by atoms with E-state index < -0.39 is 10.0 Å². The molecule has 2 aromatic carbocycles. The minimum atomic E-state index is -3.43. The first-order valence-corrected chi connectivity index (χ1v) is 12.5. The van der Waals surface area contributed by atoms with Crippen LogP contribution in [0.25, 0.3) is 0 Å². The summed E-state index contributed by atoms with van der Waals surface area (Å²) in [7, 11) is 1.19. The number of benzene rings is 2. The SMILES string of the molecule is COc1ccc(CNC(=O)C2CCN(S(=O)(=O)Cc3ccccc3C)CC2)c(OC)c1OC. The lowest BCUT2D eigenvalue weighted by Crippen LogP contribution is -2.43. The lowest BCUT2D eigenvalue weighted by atomic mass is 9.97. The number of carbonyl (C=O) groups is 1. The van der Waals surface area contributed by atoms with Crippen LogP contribution in [0.2, 0.25) is 0 Å². The van der Waals surface area contributed by atoms with Crippen LogP contribution < -0.4 is 19.5 Å². The summed E-state index contributed by atoms with van der Waals surface area (Å²) < 4.78 is 43.4. The van der Waals surface area contributed by atoms with Crippen LogP contribution in [0.15, 0.2) is 36.4 Å². The zero-order valence-electron chi connectivity index (χ0n) is 19.6. The number of hydrogen-bond acceptors (Lipinski definition) is 6. The zero-order valence-corrected chi connectivity index (χ0v) is 20.4. The van der Waals surface area contributed by atoms with Crippen LogP contribution >= 0.6 is 0 Å². The smallest absolute Gasteiger partial charge is 0.223 e. The van der Waals surface area contributed by atoms with Crippen LogP contribution in [0.5, 0.6) is 17.2 Å². The minimum Gasteiger partial charge on any atom is -0.493 e. The number of nitrogens with zero attached hydrogens (tertiary/aromatic N) is 1. The van der Waals surface area contributed by atoms with E-state index >= 15 is 0 Å². The van der Waals surface area contributed by atoms with E-state index in [-0.39, 0.29) is 24.1 Å². The molecule has 1 aliphatic rings. The van der Waals surface area contributed by atoms with E-state index in [2.05, 4.69) is 5.32 Å². The fraction of sp³-hybridized carbons (Fsp3) is 0.458. The lowest BCUT2D eigenvalue weighted by Gasteiger charge is -2.30. The van der Waals surface area contributed by atoms with Crippen molar-refractivity contribution >= 4 is 15.9 Å². The molecule has 0 saturated carbocycles. The number of nitrogens with one attached hydrogen (secondary N) is 1. The Balaban J connectivity index is 1.57. The van der Waals surface area contributed by atoms with Gasteiger partial charge < -0.3 is 19.5 Å². The van der Waals surface area contributed by atoms with Gasteiger partial charge in [-0.3, -0.25) is 4.79 Å². The quantitative estimate of drug-likeness (QED) is 0.598. The van der Waals surface area contributed by atoms with E-state index in [0.717, 1.165) is 16.7 Å². The monoisotopic (exact) mass is 476 g/mol. The molecule has 0 aromatic heterocycles. The Labute approximate surface area is 195 Å². The van der Waals surface area contributed by atoms with Crippen molar-refractivity contribution in [3.05, 3.63) is 53.1 Å². The molecule has 0 bridgehead atoms. The van der Waals surface area contributed by atoms with Crippen molar-refractivity contribution in [1.29, 1.82) is 0 Å². The van der Waals surface area contributed by atoms with Crippen LogP contribution in [-0.4, -0.2) is 53.0 Å². The summed E-state index contributed by atoms with van der Waals surface area (Å²) in [4.78, 5) is 12.8. The third kappa shape index (κ3) is 5.78. The van der Waals surface area contributed by atoms with Crippen molar-refractivity contribution in [1.82, 2.24) is 9.62 Å². The number of piperidine rings is 1. The Morgan fingerprint density at radius 1 is 0.970 bits per heavy atom. The number of carbonyl (C=O) groups excluding carboxylic acids is 1. The average molecular weight is 477 g/mol. The summed E-state index contributed by atoms with van der Waals surface area (Å²) in [6.45, 7) is 2.86. The van der Waals surface area contributed by atoms with Gasteiger partial charge in [-0.05, 0) is 43.0 Å². The first-order chi connectivity index (χ1) is 15.8. The average Bonchev–Trinajstić information content (AvgIpc) is 2.83. The molecule has 0 aliphatic carbocycles. The highest BCUT2D eigenvalue weighted by atomic mass is 32.2. The Morgan fingerprint density at radius 2 is 1.64 bits per heavy atom. The summed E-state index contributed by atoms with van der Waals surface area (Å²) in [5, 5.41) is 2.95. The number of rotatable bonds is 9. The van der Waals surface area contributed by atoms with Crippen molar-refractivity contribution in [2.24, 2.45) is 5.92 Å². The molecule has 3 rings (SSSR count). The molecular weight excluding hydrogens is 444 g/mol. The molecule has 0 spiro atoms. The van der Waals surface area contributed by atoms with Crippen molar-refractivity contribution in [2.45, 2.75) is 32.1 Å². The van der Waals surface area contributed by atoms with Gasteiger partial charge in [-0.1, -0.05) is 24.3 Å². The van der Waals surface area contributed by atoms with Crippen LogP contribution in [0.1, 0.15) is 29.5 Å². The van der Waals surface area contributed by atoms with Gasteiger partial charge in [-0.25, -0.2) is 12.7 Å². The molecule has 1 N–H and O–H groups in total. The highest BCUT2D eigenvalue weighted by Gasteiger charge is 2.31. The maximum atomic E-state index is 12.9. The number of aryl methyl sites for hydroxylation is 1. The molecular formula is C24H32N2O6S. The third-order valence-corrected chi connectivity index (χ3v) is 7.88. The van der Waals surface area contributed by atoms with E-state index in [9.17, 15) is 13.2 Å². The summed E-state index contributed by atoms with van der Waals surface area (Å²) in [5.74, 6) is 1.18. The number of sulfonamides is 1. The molecule has 1 amide bonds. The van der Waals surface area contributed by atoms with E-state index in [1.165, 1.54) is 18.5 Å². The number of methoxy groups -OCH3 is 3. The number of ether oxygens (including phenoxy) is 3. The zero-order chi connectivity index (χ0) is 24.0. The predicted molar refractivity (Wildman–Crippen MR) is 126 cm³/mol. The van der Waals surface area contributed by atoms with Gasteiger partial charge in [0, 0.05) is 31.1 Å². The Bertz CT molecular complexity index is 1080. The molecule has 0 radical (unpaired) electrons. The van der Waals surface area contributed by atoms with E-state index in [1.807, 2.05) is 37.3 Å². The fourth-order valence-corrected chi connectivity index (χ4v) is 5.75. The van der Waals surface area contributed by atoms with Gasteiger partial charge in [0.1, 0.15) is 0 Å². The van der Waals surface area contributed by atoms with Crippen molar-refractivity contribution in [3.63, 3.8) is 0 Å². The molecule has 9 heteroatoms. The van der Waals surface area contributed by atoms with Crippen LogP contribution in [-0.2, 0) is 27.1 Å². The Kier molecular flexibility index (Phi) is 8.20. The predicted octanol–water partition coefficient (Wildman–Crippen LogP) is 2.88. The van der Waals surface area contributed by atoms with Crippen LogP contribution in [0, 0.1) is 12.8 Å². The molecule has 1 heterocycles. The second-order valence-electron chi connectivity index (χ2n) is 8.07. The maximum Gasteiger partial charge on any atom is 0.223 e. The molecule has 33 heavy (non-hydrogen) atoms. The van der Waals surface area contributed by atoms with Gasteiger partial charge in [-0.15, -0.1) is 0 Å². The second kappa shape index (κ2) is 10.9. The molecule has 0 atom stereocenters. The van der Waals surface area contributed by atoms with Gasteiger partial charge >= 0.3 is 0 Å². The summed E-state index contributed by atoms with van der Waals surface area (Å²) in [6.07, 6.45) is 0.976. The topological polar surface area (TPSA) is 94.2 Å². The first kappa shape index (κ1) is 24.9. The van der Waals surface area contributed by atoms with Gasteiger partial charge in [0.2, 0.25) is 21.7 Å². The molecule has 2 aromatic rings. The van der Waals surface area contributed by atoms with Crippen molar-refractivity contribution in [2.75, 3.05) is 34.4 Å². The molecule has 8 nitrogen and oxygen atoms in total. The van der Waals surface area contributed by atoms with Crippen molar-refractivity contribution < 1.29 is 27.4 Å². The standard InChI is InChI=1S/C24H32N2O6S/c1-17-7-5-6-8-20(17)16-33(28,29)26-13-11-18(12-14-26)24(27)25-15-19-9-10-21(30-2)23(32-4)22(19)31-3/h5-10,18H,11-16H2,1-4H3,(H,25,27). The van der Waals surface area contributed by atoms with Crippen LogP contribution in [0.3, 0.4) is 0 Å². The lowest BCUT2D eigenvalue weighted by molar-refractivity contribution is -0.126. The number of hydrogen-bond donors (Lipinski definition) is 1. The Morgan fingerprint density at radius 3 is 2.24 bits per heavy atom. The molecule has 180 valence electrons. The van der Waals surface area contributed by atoms with Gasteiger partial charge in [-0.2, -0.15) is 0 Å². The van der Waals surface area contributed by atoms with Gasteiger partial charge in [0.15, 0.2) is 11.5 Å². The summed E-state index contributed by atoms with van der Waals surface area (Å²) in [6, 6.07) is 11.1. The first-order valence-electron chi connectivity index (χ1n) is 10.9. The highest BCUT2D eigenvalue weighted by Crippen LogP contribution is 2.39. The second-order valence-corrected chi connectivity index (χ2v) is 10.0. The highest BCUT2D eigenvalue weighted by molar-refractivity contribution is 7.88. The maximum absolute atomic E-state index is 12.9. The largest absolute Gasteiger partial charge is 0.493 e. The molecule has 1 saturated heterocycles. The van der Waals surface area contributed by atoms with E-state index in [1.54, 1.807) is 13.2 Å².